The third-order valence-electron chi connectivity index (χ3n) is 2.15. The number of carbonyl (C=O) groups is 2. The molecule has 3 N–H and O–H groups in total. The third-order valence-corrected chi connectivity index (χ3v) is 2.15. The second-order valence-corrected chi connectivity index (χ2v) is 3.49. The summed E-state index contributed by atoms with van der Waals surface area (Å²) in [4.78, 5) is 32.6. The van der Waals surface area contributed by atoms with E-state index in [9.17, 15) is 19.7 Å². The lowest BCUT2D eigenvalue weighted by atomic mass is 10.1. The summed E-state index contributed by atoms with van der Waals surface area (Å²) in [5.41, 5.74) is 4.57. The van der Waals surface area contributed by atoms with Gasteiger partial charge in [-0.3, -0.25) is 19.7 Å². The lowest BCUT2D eigenvalue weighted by molar-refractivity contribution is -0.385. The molecule has 0 aliphatic rings. The molecule has 1 rings (SSSR count). The van der Waals surface area contributed by atoms with Gasteiger partial charge in [-0.15, -0.1) is 0 Å². The molecular weight excluding hydrogens is 254 g/mol. The van der Waals surface area contributed by atoms with Crippen molar-refractivity contribution in [1.82, 2.24) is 5.32 Å². The van der Waals surface area contributed by atoms with Crippen LogP contribution in [0.3, 0.4) is 0 Å². The van der Waals surface area contributed by atoms with Gasteiger partial charge in [0.2, 0.25) is 11.7 Å². The minimum atomic E-state index is -0.711. The smallest absolute Gasteiger partial charge is 0.311 e. The fourth-order valence-electron chi connectivity index (χ4n) is 1.41. The van der Waals surface area contributed by atoms with Gasteiger partial charge in [-0.25, -0.2) is 0 Å². The molecule has 0 atom stereocenters. The maximum atomic E-state index is 11.8. The van der Waals surface area contributed by atoms with Gasteiger partial charge in [-0.2, -0.15) is 0 Å². The van der Waals surface area contributed by atoms with Crippen molar-refractivity contribution in [2.24, 2.45) is 5.73 Å². The molecule has 0 aromatic heterocycles. The number of hydrogen-bond donors (Lipinski definition) is 2. The van der Waals surface area contributed by atoms with Crippen LogP contribution in [-0.4, -0.2) is 29.9 Å². The third kappa shape index (κ3) is 3.66. The largest absolute Gasteiger partial charge is 0.487 e. The molecule has 0 aliphatic carbocycles. The van der Waals surface area contributed by atoms with E-state index in [1.807, 2.05) is 0 Å². The van der Waals surface area contributed by atoms with E-state index in [2.05, 4.69) is 5.32 Å². The Bertz CT molecular complexity index is 515. The van der Waals surface area contributed by atoms with E-state index in [-0.39, 0.29) is 30.2 Å². The zero-order valence-corrected chi connectivity index (χ0v) is 10.2. The van der Waals surface area contributed by atoms with Gasteiger partial charge in [0.15, 0.2) is 0 Å². The van der Waals surface area contributed by atoms with E-state index in [0.717, 1.165) is 0 Å². The van der Waals surface area contributed by atoms with Gasteiger partial charge in [0.05, 0.1) is 23.6 Å². The molecule has 0 saturated carbocycles. The van der Waals surface area contributed by atoms with Crippen molar-refractivity contribution in [3.8, 4) is 5.75 Å². The minimum Gasteiger partial charge on any atom is -0.487 e. The number of nitro benzene ring substituents is 1. The normalized spacial score (nSPS) is 9.74. The van der Waals surface area contributed by atoms with E-state index >= 15 is 0 Å². The molecule has 102 valence electrons. The molecule has 1 aromatic carbocycles. The van der Waals surface area contributed by atoms with E-state index in [0.29, 0.717) is 0 Å². The molecule has 2 amide bonds. The molecule has 8 nitrogen and oxygen atoms in total. The highest BCUT2D eigenvalue weighted by molar-refractivity contribution is 5.99. The van der Waals surface area contributed by atoms with Gasteiger partial charge in [0, 0.05) is 6.07 Å². The van der Waals surface area contributed by atoms with Gasteiger partial charge in [0.1, 0.15) is 0 Å². The van der Waals surface area contributed by atoms with Crippen LogP contribution in [0.25, 0.3) is 0 Å². The average molecular weight is 267 g/mol. The molecule has 1 aromatic rings. The van der Waals surface area contributed by atoms with Gasteiger partial charge in [-0.1, -0.05) is 6.07 Å². The molecule has 0 radical (unpaired) electrons. The van der Waals surface area contributed by atoms with Crippen molar-refractivity contribution < 1.29 is 19.2 Å². The number of nitro groups is 1. The Balaban J connectivity index is 3.11. The van der Waals surface area contributed by atoms with Crippen molar-refractivity contribution in [2.45, 2.75) is 6.92 Å². The number of benzene rings is 1. The lowest BCUT2D eigenvalue weighted by Gasteiger charge is -2.10. The Kier molecular flexibility index (Phi) is 4.81. The van der Waals surface area contributed by atoms with Crippen molar-refractivity contribution in [3.63, 3.8) is 0 Å². The Morgan fingerprint density at radius 2 is 2.16 bits per heavy atom. The topological polar surface area (TPSA) is 125 Å². The Morgan fingerprint density at radius 1 is 1.47 bits per heavy atom. The first-order valence-electron chi connectivity index (χ1n) is 5.44. The van der Waals surface area contributed by atoms with Gasteiger partial charge in [-0.05, 0) is 13.0 Å². The quantitative estimate of drug-likeness (QED) is 0.563. The van der Waals surface area contributed by atoms with Gasteiger partial charge >= 0.3 is 5.69 Å². The van der Waals surface area contributed by atoms with E-state index in [4.69, 9.17) is 10.5 Å². The number of ether oxygens (including phenoxy) is 1. The molecular formula is C11H13N3O5. The summed E-state index contributed by atoms with van der Waals surface area (Å²) in [7, 11) is 0. The second kappa shape index (κ2) is 6.34. The molecule has 0 spiro atoms. The van der Waals surface area contributed by atoms with Gasteiger partial charge < -0.3 is 15.8 Å². The summed E-state index contributed by atoms with van der Waals surface area (Å²) >= 11 is 0. The maximum Gasteiger partial charge on any atom is 0.311 e. The Morgan fingerprint density at radius 3 is 2.68 bits per heavy atom. The van der Waals surface area contributed by atoms with Crippen LogP contribution in [0.5, 0.6) is 5.75 Å². The van der Waals surface area contributed by atoms with Crippen LogP contribution in [0.4, 0.5) is 5.69 Å². The average Bonchev–Trinajstić information content (AvgIpc) is 2.36. The van der Waals surface area contributed by atoms with Crippen LogP contribution in [0, 0.1) is 10.1 Å². The van der Waals surface area contributed by atoms with Crippen molar-refractivity contribution in [3.05, 3.63) is 33.9 Å². The Hall–Kier alpha value is -2.64. The molecule has 0 fully saturated rings. The molecule has 8 heteroatoms. The molecule has 0 bridgehead atoms. The number of rotatable bonds is 6. The summed E-state index contributed by atoms with van der Waals surface area (Å²) in [6.45, 7) is 1.45. The SMILES string of the molecule is CCOc1c(C(=O)NCC(N)=O)cccc1[N+](=O)[O-]. The number of nitrogens with zero attached hydrogens (tertiary/aromatic N) is 1. The van der Waals surface area contributed by atoms with E-state index < -0.39 is 16.7 Å². The number of hydrogen-bond acceptors (Lipinski definition) is 5. The number of nitrogens with one attached hydrogen (secondary N) is 1. The number of carbonyl (C=O) groups excluding carboxylic acids is 2. The van der Waals surface area contributed by atoms with E-state index in [1.54, 1.807) is 6.92 Å². The first kappa shape index (κ1) is 14.4. The number of primary amides is 1. The highest BCUT2D eigenvalue weighted by Crippen LogP contribution is 2.30. The van der Waals surface area contributed by atoms with Crippen LogP contribution >= 0.6 is 0 Å². The first-order valence-corrected chi connectivity index (χ1v) is 5.44. The monoisotopic (exact) mass is 267 g/mol. The summed E-state index contributed by atoms with van der Waals surface area (Å²) < 4.78 is 5.14. The predicted molar refractivity (Wildman–Crippen MR) is 65.8 cm³/mol. The van der Waals surface area contributed by atoms with Crippen LogP contribution in [-0.2, 0) is 4.79 Å². The fraction of sp³-hybridized carbons (Fsp3) is 0.273. The first-order chi connectivity index (χ1) is 8.97. The second-order valence-electron chi connectivity index (χ2n) is 3.49. The Labute approximate surface area is 108 Å². The lowest BCUT2D eigenvalue weighted by Crippen LogP contribution is -2.33. The minimum absolute atomic E-state index is 0.0164. The van der Waals surface area contributed by atoms with Crippen molar-refractivity contribution >= 4 is 17.5 Å². The zero-order chi connectivity index (χ0) is 14.4. The summed E-state index contributed by atoms with van der Waals surface area (Å²) in [5, 5.41) is 13.1. The summed E-state index contributed by atoms with van der Waals surface area (Å²) in [5.74, 6) is -1.50. The highest BCUT2D eigenvalue weighted by atomic mass is 16.6. The van der Waals surface area contributed by atoms with Crippen LogP contribution in [0.15, 0.2) is 18.2 Å². The predicted octanol–water partition coefficient (Wildman–Crippen LogP) is 0.209. The standard InChI is InChI=1S/C11H13N3O5/c1-2-19-10-7(11(16)13-6-9(12)15)4-3-5-8(10)14(17)18/h3-5H,2,6H2,1H3,(H2,12,15)(H,13,16). The molecule has 0 aliphatic heterocycles. The van der Waals surface area contributed by atoms with Crippen LogP contribution < -0.4 is 15.8 Å². The highest BCUT2D eigenvalue weighted by Gasteiger charge is 2.22. The molecule has 19 heavy (non-hydrogen) atoms. The van der Waals surface area contributed by atoms with Crippen LogP contribution in [0.2, 0.25) is 0 Å². The van der Waals surface area contributed by atoms with E-state index in [1.165, 1.54) is 18.2 Å². The summed E-state index contributed by atoms with van der Waals surface area (Å²) in [6.07, 6.45) is 0. The van der Waals surface area contributed by atoms with Crippen molar-refractivity contribution in [2.75, 3.05) is 13.2 Å². The number of nitrogens with two attached hydrogens (primary N) is 1. The van der Waals surface area contributed by atoms with Crippen molar-refractivity contribution in [1.29, 1.82) is 0 Å². The molecule has 0 saturated heterocycles. The zero-order valence-electron chi connectivity index (χ0n) is 10.2. The maximum absolute atomic E-state index is 11.8. The van der Waals surface area contributed by atoms with Gasteiger partial charge in [0.25, 0.3) is 5.91 Å². The fourth-order valence-corrected chi connectivity index (χ4v) is 1.41. The molecule has 0 heterocycles. The summed E-state index contributed by atoms with van der Waals surface area (Å²) in [6, 6.07) is 3.96. The number of para-hydroxylation sites is 1. The van der Waals surface area contributed by atoms with Crippen LogP contribution in [0.1, 0.15) is 17.3 Å². The molecule has 0 unspecified atom stereocenters. The number of amides is 2.